The van der Waals surface area contributed by atoms with Gasteiger partial charge in [-0.3, -0.25) is 4.79 Å². The summed E-state index contributed by atoms with van der Waals surface area (Å²) in [6.07, 6.45) is 0.699. The van der Waals surface area contributed by atoms with Crippen molar-refractivity contribution in [3.05, 3.63) is 20.8 Å². The van der Waals surface area contributed by atoms with Gasteiger partial charge >= 0.3 is 0 Å². The minimum Gasteiger partial charge on any atom is -0.355 e. The third-order valence-electron chi connectivity index (χ3n) is 1.07. The van der Waals surface area contributed by atoms with Crippen LogP contribution in [0.25, 0.3) is 0 Å². The van der Waals surface area contributed by atoms with Crippen LogP contribution in [-0.4, -0.2) is 6.41 Å². The molecule has 0 aliphatic rings. The van der Waals surface area contributed by atoms with Gasteiger partial charge < -0.3 is 5.32 Å². The Bertz CT molecular complexity index is 223. The molecule has 1 amide bonds. The molecule has 0 atom stereocenters. The molecule has 4 heteroatoms. The maximum atomic E-state index is 9.89. The smallest absolute Gasteiger partial charge is 0.207 e. The Labute approximate surface area is 71.4 Å². The van der Waals surface area contributed by atoms with Crippen molar-refractivity contribution in [2.24, 2.45) is 0 Å². The lowest BCUT2D eigenvalue weighted by Gasteiger charge is -1.94. The van der Waals surface area contributed by atoms with Gasteiger partial charge in [0.05, 0.1) is 3.79 Å². The van der Waals surface area contributed by atoms with Gasteiger partial charge in [0, 0.05) is 6.54 Å². The van der Waals surface area contributed by atoms with Crippen LogP contribution in [0, 0.1) is 0 Å². The highest BCUT2D eigenvalue weighted by Crippen LogP contribution is 2.22. The lowest BCUT2D eigenvalue weighted by Crippen LogP contribution is -2.08. The van der Waals surface area contributed by atoms with E-state index < -0.39 is 0 Å². The van der Waals surface area contributed by atoms with Gasteiger partial charge in [-0.05, 0) is 32.9 Å². The summed E-state index contributed by atoms with van der Waals surface area (Å²) in [5.74, 6) is 0. The molecule has 0 fully saturated rings. The Morgan fingerprint density at radius 3 is 3.10 bits per heavy atom. The van der Waals surface area contributed by atoms with Crippen molar-refractivity contribution in [2.45, 2.75) is 6.54 Å². The minimum atomic E-state index is 0.605. The first-order chi connectivity index (χ1) is 4.84. The van der Waals surface area contributed by atoms with Gasteiger partial charge in [0.2, 0.25) is 6.41 Å². The summed E-state index contributed by atoms with van der Waals surface area (Å²) in [5, 5.41) is 4.57. The highest BCUT2D eigenvalue weighted by Gasteiger charge is 1.97. The first-order valence-electron chi connectivity index (χ1n) is 2.73. The van der Waals surface area contributed by atoms with E-state index in [2.05, 4.69) is 21.2 Å². The van der Waals surface area contributed by atoms with Crippen molar-refractivity contribution in [1.82, 2.24) is 5.32 Å². The largest absolute Gasteiger partial charge is 0.355 e. The normalized spacial score (nSPS) is 9.30. The van der Waals surface area contributed by atoms with Crippen molar-refractivity contribution < 1.29 is 4.79 Å². The highest BCUT2D eigenvalue weighted by atomic mass is 79.9. The molecule has 1 aromatic rings. The van der Waals surface area contributed by atoms with Crippen molar-refractivity contribution in [3.63, 3.8) is 0 Å². The van der Waals surface area contributed by atoms with Gasteiger partial charge in [-0.1, -0.05) is 0 Å². The molecular formula is C6H6BrNOS. The summed E-state index contributed by atoms with van der Waals surface area (Å²) >= 11 is 4.97. The molecule has 0 aromatic carbocycles. The number of carbonyl (C=O) groups excluding carboxylic acids is 1. The van der Waals surface area contributed by atoms with E-state index >= 15 is 0 Å². The summed E-state index contributed by atoms with van der Waals surface area (Å²) in [7, 11) is 0. The van der Waals surface area contributed by atoms with Crippen molar-refractivity contribution >= 4 is 33.7 Å². The second-order valence-electron chi connectivity index (χ2n) is 1.72. The van der Waals surface area contributed by atoms with Gasteiger partial charge in [-0.15, -0.1) is 11.3 Å². The zero-order valence-corrected chi connectivity index (χ0v) is 7.54. The number of hydrogen-bond acceptors (Lipinski definition) is 2. The van der Waals surface area contributed by atoms with Crippen LogP contribution in [0.3, 0.4) is 0 Å². The zero-order valence-electron chi connectivity index (χ0n) is 5.13. The molecule has 0 saturated carbocycles. The van der Waals surface area contributed by atoms with Crippen LogP contribution in [0.5, 0.6) is 0 Å². The molecule has 0 unspecified atom stereocenters. The minimum absolute atomic E-state index is 0.605. The van der Waals surface area contributed by atoms with Crippen LogP contribution < -0.4 is 5.32 Å². The van der Waals surface area contributed by atoms with Crippen LogP contribution in [-0.2, 0) is 11.3 Å². The van der Waals surface area contributed by atoms with Gasteiger partial charge in [0.15, 0.2) is 0 Å². The lowest BCUT2D eigenvalue weighted by atomic mass is 10.3. The average Bonchev–Trinajstić information content (AvgIpc) is 2.31. The highest BCUT2D eigenvalue weighted by molar-refractivity contribution is 9.11. The Hall–Kier alpha value is -0.350. The fourth-order valence-electron chi connectivity index (χ4n) is 0.597. The maximum Gasteiger partial charge on any atom is 0.207 e. The maximum absolute atomic E-state index is 9.89. The van der Waals surface area contributed by atoms with Crippen molar-refractivity contribution in [2.75, 3.05) is 0 Å². The molecule has 0 aliphatic heterocycles. The van der Waals surface area contributed by atoms with Gasteiger partial charge in [-0.2, -0.15) is 0 Å². The first-order valence-corrected chi connectivity index (χ1v) is 4.40. The quantitative estimate of drug-likeness (QED) is 0.772. The molecule has 1 heterocycles. The topological polar surface area (TPSA) is 29.1 Å². The molecule has 1 aromatic heterocycles. The van der Waals surface area contributed by atoms with E-state index in [4.69, 9.17) is 0 Å². The lowest BCUT2D eigenvalue weighted by molar-refractivity contribution is -0.109. The van der Waals surface area contributed by atoms with E-state index in [1.54, 1.807) is 11.3 Å². The molecule has 10 heavy (non-hydrogen) atoms. The molecule has 0 spiro atoms. The third-order valence-corrected chi connectivity index (χ3v) is 2.88. The Morgan fingerprint density at radius 2 is 2.60 bits per heavy atom. The zero-order chi connectivity index (χ0) is 7.40. The molecule has 1 N–H and O–H groups in total. The fourth-order valence-corrected chi connectivity index (χ4v) is 1.84. The predicted octanol–water partition coefficient (Wildman–Crippen LogP) is 1.76. The molecule has 0 radical (unpaired) electrons. The number of amides is 1. The monoisotopic (exact) mass is 219 g/mol. The number of rotatable bonds is 3. The number of nitrogens with one attached hydrogen (secondary N) is 1. The third kappa shape index (κ3) is 1.82. The Morgan fingerprint density at radius 1 is 1.80 bits per heavy atom. The number of thiophene rings is 1. The van der Waals surface area contributed by atoms with E-state index in [1.807, 2.05) is 11.4 Å². The van der Waals surface area contributed by atoms with Gasteiger partial charge in [-0.25, -0.2) is 0 Å². The Balaban J connectivity index is 2.56. The van der Waals surface area contributed by atoms with Gasteiger partial charge in [0.25, 0.3) is 0 Å². The number of halogens is 1. The first kappa shape index (κ1) is 7.75. The van der Waals surface area contributed by atoms with Crippen LogP contribution in [0.4, 0.5) is 0 Å². The van der Waals surface area contributed by atoms with E-state index in [0.717, 1.165) is 9.35 Å². The average molecular weight is 220 g/mol. The summed E-state index contributed by atoms with van der Waals surface area (Å²) in [5.41, 5.74) is 1.12. The SMILES string of the molecule is O=CNCc1ccsc1Br. The summed E-state index contributed by atoms with van der Waals surface area (Å²) in [6.45, 7) is 0.605. The fraction of sp³-hybridized carbons (Fsp3) is 0.167. The van der Waals surface area contributed by atoms with Crippen LogP contribution in [0.1, 0.15) is 5.56 Å². The second-order valence-corrected chi connectivity index (χ2v) is 3.95. The number of carbonyl (C=O) groups is 1. The molecule has 0 aliphatic carbocycles. The van der Waals surface area contributed by atoms with Crippen LogP contribution in [0.2, 0.25) is 0 Å². The van der Waals surface area contributed by atoms with E-state index in [1.165, 1.54) is 0 Å². The Kier molecular flexibility index (Phi) is 2.89. The molecule has 2 nitrogen and oxygen atoms in total. The standard InChI is InChI=1S/C6H6BrNOS/c7-6-5(1-2-10-6)3-8-4-9/h1-2,4H,3H2,(H,8,9). The van der Waals surface area contributed by atoms with E-state index in [9.17, 15) is 4.79 Å². The predicted molar refractivity (Wildman–Crippen MR) is 44.9 cm³/mol. The summed E-state index contributed by atoms with van der Waals surface area (Å²) in [6, 6.07) is 1.98. The van der Waals surface area contributed by atoms with Crippen molar-refractivity contribution in [3.8, 4) is 0 Å². The van der Waals surface area contributed by atoms with E-state index in [0.29, 0.717) is 13.0 Å². The number of hydrogen-bond donors (Lipinski definition) is 1. The van der Waals surface area contributed by atoms with Gasteiger partial charge in [0.1, 0.15) is 0 Å². The van der Waals surface area contributed by atoms with Crippen molar-refractivity contribution in [1.29, 1.82) is 0 Å². The summed E-state index contributed by atoms with van der Waals surface area (Å²) in [4.78, 5) is 9.89. The van der Waals surface area contributed by atoms with Crippen LogP contribution in [0.15, 0.2) is 15.2 Å². The molecular weight excluding hydrogens is 214 g/mol. The molecule has 1 rings (SSSR count). The molecule has 54 valence electrons. The van der Waals surface area contributed by atoms with E-state index in [-0.39, 0.29) is 0 Å². The molecule has 0 bridgehead atoms. The molecule has 0 saturated heterocycles. The van der Waals surface area contributed by atoms with Crippen LogP contribution >= 0.6 is 27.3 Å². The summed E-state index contributed by atoms with van der Waals surface area (Å²) < 4.78 is 1.09. The second kappa shape index (κ2) is 3.73.